The van der Waals surface area contributed by atoms with Gasteiger partial charge in [-0.2, -0.15) is 0 Å². The summed E-state index contributed by atoms with van der Waals surface area (Å²) >= 11 is 1.74. The number of benzene rings is 1. The number of hydrogen-bond donors (Lipinski definition) is 1. The fraction of sp³-hybridized carbons (Fsp3) is 0.333. The Bertz CT molecular complexity index is 513. The summed E-state index contributed by atoms with van der Waals surface area (Å²) in [6.45, 7) is 5.35. The van der Waals surface area contributed by atoms with Crippen LogP contribution in [0, 0.1) is 12.7 Å². The van der Waals surface area contributed by atoms with Gasteiger partial charge in [0, 0.05) is 18.0 Å². The van der Waals surface area contributed by atoms with E-state index in [1.165, 1.54) is 10.9 Å². The molecule has 1 aromatic carbocycles. The van der Waals surface area contributed by atoms with Crippen LogP contribution >= 0.6 is 11.3 Å². The molecule has 0 spiro atoms. The van der Waals surface area contributed by atoms with Crippen molar-refractivity contribution >= 4 is 11.3 Å². The first kappa shape index (κ1) is 14.0. The zero-order chi connectivity index (χ0) is 13.7. The van der Waals surface area contributed by atoms with Crippen molar-refractivity contribution in [3.63, 3.8) is 0 Å². The molecule has 1 atom stereocenters. The molecule has 0 aliphatic rings. The minimum absolute atomic E-state index is 0.0461. The molecule has 0 aliphatic heterocycles. The molecule has 1 heterocycles. The topological polar surface area (TPSA) is 21.3 Å². The Morgan fingerprint density at radius 2 is 2.21 bits per heavy atom. The second kappa shape index (κ2) is 6.68. The Morgan fingerprint density at radius 3 is 2.89 bits per heavy atom. The molecular weight excluding hydrogens is 261 g/mol. The normalized spacial score (nSPS) is 12.4. The molecule has 102 valence electrons. The molecule has 0 saturated carbocycles. The molecule has 4 heteroatoms. The maximum absolute atomic E-state index is 13.1. The number of aryl methyl sites for hydroxylation is 1. The van der Waals surface area contributed by atoms with Crippen molar-refractivity contribution in [2.75, 3.05) is 6.54 Å². The molecule has 1 N–H and O–H groups in total. The SMILES string of the molecule is Cc1cc(OC(C)CNCc2cccs2)ccc1F. The monoisotopic (exact) mass is 279 g/mol. The van der Waals surface area contributed by atoms with Crippen LogP contribution in [0.15, 0.2) is 35.7 Å². The third-order valence-corrected chi connectivity index (χ3v) is 3.65. The van der Waals surface area contributed by atoms with E-state index in [1.54, 1.807) is 30.4 Å². The van der Waals surface area contributed by atoms with Crippen molar-refractivity contribution in [1.82, 2.24) is 5.32 Å². The summed E-state index contributed by atoms with van der Waals surface area (Å²) in [5, 5.41) is 5.41. The number of hydrogen-bond acceptors (Lipinski definition) is 3. The first-order chi connectivity index (χ1) is 9.15. The summed E-state index contributed by atoms with van der Waals surface area (Å²) in [5.41, 5.74) is 0.608. The van der Waals surface area contributed by atoms with Crippen LogP contribution < -0.4 is 10.1 Å². The predicted molar refractivity (Wildman–Crippen MR) is 77.3 cm³/mol. The molecule has 0 amide bonds. The van der Waals surface area contributed by atoms with E-state index in [0.29, 0.717) is 11.3 Å². The lowest BCUT2D eigenvalue weighted by molar-refractivity contribution is 0.216. The lowest BCUT2D eigenvalue weighted by Crippen LogP contribution is -2.28. The largest absolute Gasteiger partial charge is 0.489 e. The number of halogens is 1. The molecular formula is C15H18FNOS. The standard InChI is InChI=1S/C15H18FNOS/c1-11-8-13(5-6-15(11)16)18-12(2)9-17-10-14-4-3-7-19-14/h3-8,12,17H,9-10H2,1-2H3. The summed E-state index contributed by atoms with van der Waals surface area (Å²) in [4.78, 5) is 1.31. The third-order valence-electron chi connectivity index (χ3n) is 2.78. The molecule has 2 rings (SSSR count). The maximum atomic E-state index is 13.1. The number of thiophene rings is 1. The van der Waals surface area contributed by atoms with Gasteiger partial charge in [0.25, 0.3) is 0 Å². The number of rotatable bonds is 6. The van der Waals surface area contributed by atoms with Crippen LogP contribution in [0.5, 0.6) is 5.75 Å². The minimum Gasteiger partial charge on any atom is -0.489 e. The van der Waals surface area contributed by atoms with Crippen LogP contribution in [0.4, 0.5) is 4.39 Å². The van der Waals surface area contributed by atoms with Gasteiger partial charge in [-0.05, 0) is 49.1 Å². The molecule has 0 aliphatic carbocycles. The van der Waals surface area contributed by atoms with Crippen molar-refractivity contribution in [1.29, 1.82) is 0 Å². The molecule has 2 aromatic rings. The zero-order valence-electron chi connectivity index (χ0n) is 11.2. The van der Waals surface area contributed by atoms with Crippen molar-refractivity contribution in [3.8, 4) is 5.75 Å². The van der Waals surface area contributed by atoms with E-state index >= 15 is 0 Å². The average molecular weight is 279 g/mol. The van der Waals surface area contributed by atoms with Gasteiger partial charge in [0.1, 0.15) is 17.7 Å². The molecule has 1 unspecified atom stereocenters. The Labute approximate surface area is 117 Å². The van der Waals surface area contributed by atoms with Gasteiger partial charge in [-0.1, -0.05) is 6.07 Å². The van der Waals surface area contributed by atoms with Crippen LogP contribution in [0.1, 0.15) is 17.4 Å². The van der Waals surface area contributed by atoms with E-state index in [9.17, 15) is 4.39 Å². The summed E-state index contributed by atoms with van der Waals surface area (Å²) in [6.07, 6.45) is 0.0461. The van der Waals surface area contributed by atoms with E-state index in [2.05, 4.69) is 16.8 Å². The van der Waals surface area contributed by atoms with Gasteiger partial charge in [-0.15, -0.1) is 11.3 Å². The van der Waals surface area contributed by atoms with Crippen LogP contribution in [0.25, 0.3) is 0 Å². The van der Waals surface area contributed by atoms with Gasteiger partial charge < -0.3 is 10.1 Å². The predicted octanol–water partition coefficient (Wildman–Crippen LogP) is 3.75. The Balaban J connectivity index is 1.77. The van der Waals surface area contributed by atoms with E-state index in [-0.39, 0.29) is 11.9 Å². The lowest BCUT2D eigenvalue weighted by Gasteiger charge is -2.15. The summed E-state index contributed by atoms with van der Waals surface area (Å²) in [7, 11) is 0. The summed E-state index contributed by atoms with van der Waals surface area (Å²) in [5.74, 6) is 0.514. The van der Waals surface area contributed by atoms with Crippen LogP contribution in [0.2, 0.25) is 0 Å². The Hall–Kier alpha value is -1.39. The Kier molecular flexibility index (Phi) is 4.93. The highest BCUT2D eigenvalue weighted by Gasteiger charge is 2.05. The molecule has 1 aromatic heterocycles. The van der Waals surface area contributed by atoms with Crippen molar-refractivity contribution in [2.24, 2.45) is 0 Å². The van der Waals surface area contributed by atoms with Gasteiger partial charge in [0.05, 0.1) is 0 Å². The molecule has 19 heavy (non-hydrogen) atoms. The second-order valence-electron chi connectivity index (χ2n) is 4.55. The van der Waals surface area contributed by atoms with Crippen LogP contribution in [0.3, 0.4) is 0 Å². The highest BCUT2D eigenvalue weighted by Crippen LogP contribution is 2.17. The van der Waals surface area contributed by atoms with E-state index in [1.807, 2.05) is 13.0 Å². The fourth-order valence-corrected chi connectivity index (χ4v) is 2.45. The summed E-state index contributed by atoms with van der Waals surface area (Å²) in [6, 6.07) is 8.98. The zero-order valence-corrected chi connectivity index (χ0v) is 12.0. The average Bonchev–Trinajstić information content (AvgIpc) is 2.87. The van der Waals surface area contributed by atoms with Gasteiger partial charge in [0.15, 0.2) is 0 Å². The highest BCUT2D eigenvalue weighted by atomic mass is 32.1. The van der Waals surface area contributed by atoms with Crippen molar-refractivity contribution in [3.05, 3.63) is 52.0 Å². The summed E-state index contributed by atoms with van der Waals surface area (Å²) < 4.78 is 18.9. The van der Waals surface area contributed by atoms with Gasteiger partial charge in [-0.3, -0.25) is 0 Å². The van der Waals surface area contributed by atoms with Gasteiger partial charge in [0.2, 0.25) is 0 Å². The maximum Gasteiger partial charge on any atom is 0.126 e. The van der Waals surface area contributed by atoms with E-state index < -0.39 is 0 Å². The number of ether oxygens (including phenoxy) is 1. The Morgan fingerprint density at radius 1 is 1.37 bits per heavy atom. The van der Waals surface area contributed by atoms with E-state index in [4.69, 9.17) is 4.74 Å². The highest BCUT2D eigenvalue weighted by molar-refractivity contribution is 7.09. The molecule has 0 bridgehead atoms. The molecule has 0 fully saturated rings. The van der Waals surface area contributed by atoms with Crippen LogP contribution in [-0.4, -0.2) is 12.6 Å². The van der Waals surface area contributed by atoms with Gasteiger partial charge >= 0.3 is 0 Å². The first-order valence-corrected chi connectivity index (χ1v) is 7.19. The molecule has 0 saturated heterocycles. The molecule has 0 radical (unpaired) electrons. The fourth-order valence-electron chi connectivity index (χ4n) is 1.78. The van der Waals surface area contributed by atoms with Crippen molar-refractivity contribution in [2.45, 2.75) is 26.5 Å². The minimum atomic E-state index is -0.198. The number of nitrogens with one attached hydrogen (secondary N) is 1. The van der Waals surface area contributed by atoms with Crippen LogP contribution in [-0.2, 0) is 6.54 Å². The smallest absolute Gasteiger partial charge is 0.126 e. The first-order valence-electron chi connectivity index (χ1n) is 6.31. The molecule has 2 nitrogen and oxygen atoms in total. The lowest BCUT2D eigenvalue weighted by atomic mass is 10.2. The second-order valence-corrected chi connectivity index (χ2v) is 5.58. The van der Waals surface area contributed by atoms with Crippen molar-refractivity contribution < 1.29 is 9.13 Å². The third kappa shape index (κ3) is 4.33. The van der Waals surface area contributed by atoms with Gasteiger partial charge in [-0.25, -0.2) is 4.39 Å². The quantitative estimate of drug-likeness (QED) is 0.869. The van der Waals surface area contributed by atoms with E-state index in [0.717, 1.165) is 13.1 Å².